The van der Waals surface area contributed by atoms with Gasteiger partial charge in [-0.2, -0.15) is 0 Å². The van der Waals surface area contributed by atoms with Gasteiger partial charge in [0.15, 0.2) is 5.16 Å². The lowest BCUT2D eigenvalue weighted by atomic mass is 10.3. The van der Waals surface area contributed by atoms with Crippen molar-refractivity contribution in [3.63, 3.8) is 0 Å². The summed E-state index contributed by atoms with van der Waals surface area (Å²) < 4.78 is 20.0. The van der Waals surface area contributed by atoms with Gasteiger partial charge in [0.2, 0.25) is 5.95 Å². The Kier molecular flexibility index (Phi) is 5.00. The molecule has 0 aliphatic carbocycles. The Hall–Kier alpha value is -2.02. The van der Waals surface area contributed by atoms with E-state index in [-0.39, 0.29) is 5.82 Å². The lowest BCUT2D eigenvalue weighted by Crippen LogP contribution is -2.05. The number of ether oxygens (including phenoxy) is 1. The Labute approximate surface area is 120 Å². The number of nitrogens with zero attached hydrogens (tertiary/aromatic N) is 3. The summed E-state index contributed by atoms with van der Waals surface area (Å²) >= 11 is 1.49. The molecule has 20 heavy (non-hydrogen) atoms. The molecule has 0 amide bonds. The largest absolute Gasteiger partial charge is 0.493 e. The van der Waals surface area contributed by atoms with Crippen LogP contribution in [0.3, 0.4) is 0 Å². The summed E-state index contributed by atoms with van der Waals surface area (Å²) in [5.41, 5.74) is 5.70. The van der Waals surface area contributed by atoms with Gasteiger partial charge in [-0.25, -0.2) is 4.39 Å². The van der Waals surface area contributed by atoms with Crippen molar-refractivity contribution in [2.75, 3.05) is 18.1 Å². The topological polar surface area (TPSA) is 66.0 Å². The molecule has 1 aromatic carbocycles. The van der Waals surface area contributed by atoms with E-state index in [2.05, 4.69) is 16.8 Å². The van der Waals surface area contributed by atoms with Gasteiger partial charge in [-0.05, 0) is 24.3 Å². The number of hydrogen-bond acceptors (Lipinski definition) is 5. The van der Waals surface area contributed by atoms with Crippen LogP contribution in [-0.2, 0) is 6.54 Å². The van der Waals surface area contributed by atoms with Gasteiger partial charge in [-0.3, -0.25) is 4.57 Å². The SMILES string of the molecule is C=CCn1c(N)nnc1SCCOc1ccc(F)cc1. The van der Waals surface area contributed by atoms with Crippen LogP contribution < -0.4 is 10.5 Å². The maximum atomic E-state index is 12.7. The summed E-state index contributed by atoms with van der Waals surface area (Å²) in [7, 11) is 0. The maximum absolute atomic E-state index is 12.7. The molecule has 0 fully saturated rings. The first-order chi connectivity index (χ1) is 9.70. The van der Waals surface area contributed by atoms with E-state index in [9.17, 15) is 4.39 Å². The van der Waals surface area contributed by atoms with E-state index in [1.54, 1.807) is 22.8 Å². The summed E-state index contributed by atoms with van der Waals surface area (Å²) in [5.74, 6) is 1.41. The van der Waals surface area contributed by atoms with E-state index >= 15 is 0 Å². The number of allylic oxidation sites excluding steroid dienone is 1. The van der Waals surface area contributed by atoms with E-state index in [0.29, 0.717) is 30.6 Å². The Balaban J connectivity index is 1.81. The summed E-state index contributed by atoms with van der Waals surface area (Å²) in [6.45, 7) is 4.72. The zero-order chi connectivity index (χ0) is 14.4. The molecule has 0 bridgehead atoms. The molecule has 0 aliphatic heterocycles. The number of anilines is 1. The molecule has 0 saturated heterocycles. The molecule has 1 heterocycles. The Morgan fingerprint density at radius 1 is 1.35 bits per heavy atom. The fraction of sp³-hybridized carbons (Fsp3) is 0.231. The minimum Gasteiger partial charge on any atom is -0.493 e. The van der Waals surface area contributed by atoms with Crippen LogP contribution in [0.2, 0.25) is 0 Å². The first kappa shape index (κ1) is 14.4. The van der Waals surface area contributed by atoms with E-state index < -0.39 is 0 Å². The standard InChI is InChI=1S/C13H15FN4OS/c1-2-7-18-12(15)16-17-13(18)20-9-8-19-11-5-3-10(14)4-6-11/h2-6H,1,7-9H2,(H2,15,16). The molecule has 0 radical (unpaired) electrons. The lowest BCUT2D eigenvalue weighted by molar-refractivity contribution is 0.343. The average molecular weight is 294 g/mol. The number of rotatable bonds is 7. The minimum absolute atomic E-state index is 0.278. The highest BCUT2D eigenvalue weighted by Crippen LogP contribution is 2.18. The molecular formula is C13H15FN4OS. The Morgan fingerprint density at radius 2 is 2.10 bits per heavy atom. The second-order valence-electron chi connectivity index (χ2n) is 3.89. The van der Waals surface area contributed by atoms with Crippen molar-refractivity contribution in [2.24, 2.45) is 0 Å². The molecule has 2 aromatic rings. The number of thioether (sulfide) groups is 1. The maximum Gasteiger partial charge on any atom is 0.222 e. The van der Waals surface area contributed by atoms with Crippen LogP contribution in [0.4, 0.5) is 10.3 Å². The zero-order valence-electron chi connectivity index (χ0n) is 10.8. The summed E-state index contributed by atoms with van der Waals surface area (Å²) in [6.07, 6.45) is 1.73. The van der Waals surface area contributed by atoms with Gasteiger partial charge < -0.3 is 10.5 Å². The molecule has 5 nitrogen and oxygen atoms in total. The van der Waals surface area contributed by atoms with Gasteiger partial charge in [0.25, 0.3) is 0 Å². The lowest BCUT2D eigenvalue weighted by Gasteiger charge is -2.06. The zero-order valence-corrected chi connectivity index (χ0v) is 11.6. The minimum atomic E-state index is -0.278. The van der Waals surface area contributed by atoms with Crippen molar-refractivity contribution < 1.29 is 9.13 Å². The first-order valence-electron chi connectivity index (χ1n) is 6.01. The third-order valence-corrected chi connectivity index (χ3v) is 3.39. The van der Waals surface area contributed by atoms with Gasteiger partial charge in [0, 0.05) is 12.3 Å². The van der Waals surface area contributed by atoms with Crippen LogP contribution in [0.25, 0.3) is 0 Å². The predicted octanol–water partition coefficient (Wildman–Crippen LogP) is 2.36. The Morgan fingerprint density at radius 3 is 2.80 bits per heavy atom. The van der Waals surface area contributed by atoms with E-state index in [1.165, 1.54) is 23.9 Å². The molecule has 2 rings (SSSR count). The summed E-state index contributed by atoms with van der Waals surface area (Å²) in [5, 5.41) is 8.54. The number of hydrogen-bond donors (Lipinski definition) is 1. The fourth-order valence-electron chi connectivity index (χ4n) is 1.53. The number of benzene rings is 1. The molecule has 0 atom stereocenters. The normalized spacial score (nSPS) is 10.4. The number of nitrogens with two attached hydrogens (primary N) is 1. The van der Waals surface area contributed by atoms with Crippen molar-refractivity contribution in [2.45, 2.75) is 11.7 Å². The van der Waals surface area contributed by atoms with Crippen LogP contribution in [0, 0.1) is 5.82 Å². The summed E-state index contributed by atoms with van der Waals surface area (Å²) in [4.78, 5) is 0. The highest BCUT2D eigenvalue weighted by Gasteiger charge is 2.08. The second kappa shape index (κ2) is 6.95. The van der Waals surface area contributed by atoms with Gasteiger partial charge in [0.1, 0.15) is 11.6 Å². The quantitative estimate of drug-likeness (QED) is 0.482. The number of nitrogen functional groups attached to an aromatic ring is 1. The third kappa shape index (κ3) is 3.74. The van der Waals surface area contributed by atoms with Gasteiger partial charge in [-0.1, -0.05) is 17.8 Å². The molecule has 2 N–H and O–H groups in total. The predicted molar refractivity (Wildman–Crippen MR) is 77.3 cm³/mol. The van der Waals surface area contributed by atoms with E-state index in [4.69, 9.17) is 10.5 Å². The monoisotopic (exact) mass is 294 g/mol. The van der Waals surface area contributed by atoms with E-state index in [0.717, 1.165) is 5.16 Å². The molecule has 106 valence electrons. The highest BCUT2D eigenvalue weighted by molar-refractivity contribution is 7.99. The van der Waals surface area contributed by atoms with Crippen molar-refractivity contribution in [3.8, 4) is 5.75 Å². The molecule has 1 aromatic heterocycles. The summed E-state index contributed by atoms with van der Waals surface area (Å²) in [6, 6.07) is 5.92. The smallest absolute Gasteiger partial charge is 0.222 e. The molecule has 0 saturated carbocycles. The van der Waals surface area contributed by atoms with Crippen molar-refractivity contribution in [1.82, 2.24) is 14.8 Å². The van der Waals surface area contributed by atoms with E-state index in [1.807, 2.05) is 0 Å². The fourth-order valence-corrected chi connectivity index (χ4v) is 2.30. The van der Waals surface area contributed by atoms with Crippen LogP contribution in [0.15, 0.2) is 42.1 Å². The first-order valence-corrected chi connectivity index (χ1v) is 7.00. The molecule has 7 heteroatoms. The molecule has 0 spiro atoms. The van der Waals surface area contributed by atoms with Gasteiger partial charge in [-0.15, -0.1) is 16.8 Å². The van der Waals surface area contributed by atoms with Crippen molar-refractivity contribution in [1.29, 1.82) is 0 Å². The average Bonchev–Trinajstić information content (AvgIpc) is 2.79. The second-order valence-corrected chi connectivity index (χ2v) is 4.95. The van der Waals surface area contributed by atoms with Crippen molar-refractivity contribution >= 4 is 17.7 Å². The molecule has 0 aliphatic rings. The van der Waals surface area contributed by atoms with Crippen LogP contribution in [-0.4, -0.2) is 27.1 Å². The molecular weight excluding hydrogens is 279 g/mol. The number of aromatic nitrogens is 3. The van der Waals surface area contributed by atoms with Crippen LogP contribution in [0.1, 0.15) is 0 Å². The van der Waals surface area contributed by atoms with Crippen LogP contribution >= 0.6 is 11.8 Å². The Bertz CT molecular complexity index is 570. The van der Waals surface area contributed by atoms with Gasteiger partial charge in [0.05, 0.1) is 6.61 Å². The molecule has 0 unspecified atom stereocenters. The van der Waals surface area contributed by atoms with Gasteiger partial charge >= 0.3 is 0 Å². The third-order valence-electron chi connectivity index (χ3n) is 2.45. The van der Waals surface area contributed by atoms with Crippen LogP contribution in [0.5, 0.6) is 5.75 Å². The highest BCUT2D eigenvalue weighted by atomic mass is 32.2. The van der Waals surface area contributed by atoms with Crippen molar-refractivity contribution in [3.05, 3.63) is 42.7 Å². The number of halogens is 1.